The second kappa shape index (κ2) is 5.46. The van der Waals surface area contributed by atoms with Crippen LogP contribution in [0.15, 0.2) is 24.3 Å². The molecule has 0 heterocycles. The maximum absolute atomic E-state index is 10.7. The number of hydrogen-bond acceptors (Lipinski definition) is 4. The van der Waals surface area contributed by atoms with Crippen LogP contribution in [-0.4, -0.2) is 34.1 Å². The zero-order valence-electron chi connectivity index (χ0n) is 11.3. The molecule has 100 valence electrons. The van der Waals surface area contributed by atoms with Crippen LogP contribution < -0.4 is 0 Å². The molecule has 5 nitrogen and oxygen atoms in total. The highest BCUT2D eigenvalue weighted by Crippen LogP contribution is 2.23. The fourth-order valence-electron chi connectivity index (χ4n) is 1.90. The minimum absolute atomic E-state index is 0.0105. The number of nitrogens with zero attached hydrogens (tertiary/aromatic N) is 2. The van der Waals surface area contributed by atoms with Crippen molar-refractivity contribution < 1.29 is 10.0 Å². The Morgan fingerprint density at radius 1 is 1.50 bits per heavy atom. The zero-order valence-corrected chi connectivity index (χ0v) is 11.3. The van der Waals surface area contributed by atoms with Crippen LogP contribution in [0.4, 0.5) is 5.69 Å². The van der Waals surface area contributed by atoms with Crippen LogP contribution >= 0.6 is 0 Å². The lowest BCUT2D eigenvalue weighted by Crippen LogP contribution is -2.37. The van der Waals surface area contributed by atoms with Gasteiger partial charge in [-0.3, -0.25) is 15.0 Å². The normalized spacial score (nSPS) is 13.7. The van der Waals surface area contributed by atoms with Gasteiger partial charge in [0.1, 0.15) is 0 Å². The molecule has 0 aliphatic rings. The van der Waals surface area contributed by atoms with E-state index in [0.717, 1.165) is 5.56 Å². The fraction of sp³-hybridized carbons (Fsp3) is 0.538. The Balaban J connectivity index is 2.86. The Kier molecular flexibility index (Phi) is 4.43. The molecular weight excluding hydrogens is 232 g/mol. The number of nitro groups is 1. The van der Waals surface area contributed by atoms with Crippen LogP contribution in [0.1, 0.15) is 32.4 Å². The number of benzene rings is 1. The van der Waals surface area contributed by atoms with Crippen molar-refractivity contribution in [3.8, 4) is 0 Å². The molecule has 0 spiro atoms. The second-order valence-corrected chi connectivity index (χ2v) is 5.26. The van der Waals surface area contributed by atoms with Gasteiger partial charge in [0.05, 0.1) is 10.5 Å². The van der Waals surface area contributed by atoms with E-state index in [4.69, 9.17) is 0 Å². The third-order valence-electron chi connectivity index (χ3n) is 2.86. The van der Waals surface area contributed by atoms with Crippen molar-refractivity contribution in [2.75, 3.05) is 13.6 Å². The first-order chi connectivity index (χ1) is 8.20. The van der Waals surface area contributed by atoms with Crippen molar-refractivity contribution in [2.45, 2.75) is 32.4 Å². The third kappa shape index (κ3) is 4.09. The van der Waals surface area contributed by atoms with E-state index in [1.165, 1.54) is 6.07 Å². The maximum atomic E-state index is 10.7. The number of nitro benzene ring substituents is 1. The van der Waals surface area contributed by atoms with Gasteiger partial charge in [0.25, 0.3) is 5.69 Å². The van der Waals surface area contributed by atoms with Gasteiger partial charge < -0.3 is 5.11 Å². The summed E-state index contributed by atoms with van der Waals surface area (Å²) in [5.41, 5.74) is 0.177. The van der Waals surface area contributed by atoms with Gasteiger partial charge in [-0.2, -0.15) is 0 Å². The Hall–Kier alpha value is -1.46. The van der Waals surface area contributed by atoms with Crippen LogP contribution in [0.5, 0.6) is 0 Å². The predicted molar refractivity (Wildman–Crippen MR) is 70.4 cm³/mol. The highest BCUT2D eigenvalue weighted by atomic mass is 16.6. The van der Waals surface area contributed by atoms with Crippen molar-refractivity contribution in [3.05, 3.63) is 39.9 Å². The molecular formula is C13H20N2O3. The van der Waals surface area contributed by atoms with Gasteiger partial charge in [0.2, 0.25) is 0 Å². The van der Waals surface area contributed by atoms with E-state index >= 15 is 0 Å². The first-order valence-electron chi connectivity index (χ1n) is 5.87. The molecule has 0 aliphatic carbocycles. The summed E-state index contributed by atoms with van der Waals surface area (Å²) in [5.74, 6) is 0. The molecule has 1 N–H and O–H groups in total. The van der Waals surface area contributed by atoms with Crippen molar-refractivity contribution in [3.63, 3.8) is 0 Å². The molecule has 0 fully saturated rings. The van der Waals surface area contributed by atoms with Crippen molar-refractivity contribution in [1.82, 2.24) is 4.90 Å². The third-order valence-corrected chi connectivity index (χ3v) is 2.86. The lowest BCUT2D eigenvalue weighted by molar-refractivity contribution is -0.384. The van der Waals surface area contributed by atoms with Crippen LogP contribution in [0.3, 0.4) is 0 Å². The van der Waals surface area contributed by atoms with Gasteiger partial charge in [-0.05, 0) is 33.4 Å². The molecule has 1 aromatic rings. The SMILES string of the molecule is CC(c1cccc([N+](=O)[O-])c1)N(C)CC(C)(C)O. The van der Waals surface area contributed by atoms with E-state index in [2.05, 4.69) is 0 Å². The Morgan fingerprint density at radius 2 is 2.11 bits per heavy atom. The smallest absolute Gasteiger partial charge is 0.269 e. The Labute approximate surface area is 107 Å². The average Bonchev–Trinajstić information content (AvgIpc) is 2.26. The summed E-state index contributed by atoms with van der Waals surface area (Å²) in [5, 5.41) is 20.5. The summed E-state index contributed by atoms with van der Waals surface area (Å²) in [6.07, 6.45) is 0. The molecule has 0 amide bonds. The summed E-state index contributed by atoms with van der Waals surface area (Å²) >= 11 is 0. The average molecular weight is 252 g/mol. The highest BCUT2D eigenvalue weighted by Gasteiger charge is 2.21. The topological polar surface area (TPSA) is 66.6 Å². The van der Waals surface area contributed by atoms with Crippen molar-refractivity contribution >= 4 is 5.69 Å². The molecule has 18 heavy (non-hydrogen) atoms. The lowest BCUT2D eigenvalue weighted by Gasteiger charge is -2.30. The summed E-state index contributed by atoms with van der Waals surface area (Å²) in [6.45, 7) is 5.94. The van der Waals surface area contributed by atoms with Crippen LogP contribution in [-0.2, 0) is 0 Å². The van der Waals surface area contributed by atoms with Gasteiger partial charge in [-0.15, -0.1) is 0 Å². The van der Waals surface area contributed by atoms with Gasteiger partial charge in [-0.25, -0.2) is 0 Å². The first-order valence-corrected chi connectivity index (χ1v) is 5.87. The molecule has 0 saturated carbocycles. The molecule has 0 bridgehead atoms. The fourth-order valence-corrected chi connectivity index (χ4v) is 1.90. The summed E-state index contributed by atoms with van der Waals surface area (Å²) in [4.78, 5) is 12.3. The van der Waals surface area contributed by atoms with Crippen LogP contribution in [0.2, 0.25) is 0 Å². The highest BCUT2D eigenvalue weighted by molar-refractivity contribution is 5.35. The van der Waals surface area contributed by atoms with E-state index in [9.17, 15) is 15.2 Å². The van der Waals surface area contributed by atoms with Crippen molar-refractivity contribution in [1.29, 1.82) is 0 Å². The molecule has 0 aliphatic heterocycles. The first kappa shape index (κ1) is 14.6. The second-order valence-electron chi connectivity index (χ2n) is 5.26. The standard InChI is InChI=1S/C13H20N2O3/c1-10(14(4)9-13(2,3)16)11-6-5-7-12(8-11)15(17)18/h5-8,10,16H,9H2,1-4H3. The Bertz CT molecular complexity index is 426. The minimum Gasteiger partial charge on any atom is -0.389 e. The monoisotopic (exact) mass is 252 g/mol. The number of hydrogen-bond donors (Lipinski definition) is 1. The summed E-state index contributed by atoms with van der Waals surface area (Å²) in [6, 6.07) is 6.61. The maximum Gasteiger partial charge on any atom is 0.269 e. The zero-order chi connectivity index (χ0) is 13.9. The number of non-ortho nitro benzene ring substituents is 1. The van der Waals surface area contributed by atoms with E-state index in [1.807, 2.05) is 24.9 Å². The molecule has 1 aromatic carbocycles. The van der Waals surface area contributed by atoms with E-state index in [0.29, 0.717) is 6.54 Å². The van der Waals surface area contributed by atoms with Gasteiger partial charge in [-0.1, -0.05) is 12.1 Å². The van der Waals surface area contributed by atoms with E-state index in [1.54, 1.807) is 26.0 Å². The lowest BCUT2D eigenvalue weighted by atomic mass is 10.0. The van der Waals surface area contributed by atoms with Crippen LogP contribution in [0, 0.1) is 10.1 Å². The van der Waals surface area contributed by atoms with Gasteiger partial charge in [0.15, 0.2) is 0 Å². The van der Waals surface area contributed by atoms with Gasteiger partial charge >= 0.3 is 0 Å². The number of likely N-dealkylation sites (N-methyl/N-ethyl adjacent to an activating group) is 1. The molecule has 0 aromatic heterocycles. The van der Waals surface area contributed by atoms with E-state index < -0.39 is 10.5 Å². The molecule has 0 radical (unpaired) electrons. The van der Waals surface area contributed by atoms with E-state index in [-0.39, 0.29) is 11.7 Å². The van der Waals surface area contributed by atoms with Gasteiger partial charge in [0, 0.05) is 24.7 Å². The molecule has 1 unspecified atom stereocenters. The summed E-state index contributed by atoms with van der Waals surface area (Å²) in [7, 11) is 1.89. The molecule has 1 rings (SSSR count). The Morgan fingerprint density at radius 3 is 2.61 bits per heavy atom. The number of aliphatic hydroxyl groups is 1. The molecule has 1 atom stereocenters. The molecule has 0 saturated heterocycles. The van der Waals surface area contributed by atoms with Crippen molar-refractivity contribution in [2.24, 2.45) is 0 Å². The molecule has 5 heteroatoms. The largest absolute Gasteiger partial charge is 0.389 e. The summed E-state index contributed by atoms with van der Waals surface area (Å²) < 4.78 is 0. The number of rotatable bonds is 5. The quantitative estimate of drug-likeness (QED) is 0.645. The predicted octanol–water partition coefficient (Wildman–Crippen LogP) is 2.36. The van der Waals surface area contributed by atoms with Crippen LogP contribution in [0.25, 0.3) is 0 Å². The minimum atomic E-state index is -0.788.